The molecule has 0 aliphatic heterocycles. The Bertz CT molecular complexity index is 728. The molecule has 0 saturated heterocycles. The van der Waals surface area contributed by atoms with Gasteiger partial charge in [-0.15, -0.1) is 0 Å². The molecular formula is C21H25BrO3. The largest absolute Gasteiger partial charge is 0.476 e. The monoisotopic (exact) mass is 404 g/mol. The molecule has 0 unspecified atom stereocenters. The van der Waals surface area contributed by atoms with Crippen LogP contribution in [0.25, 0.3) is 11.1 Å². The van der Waals surface area contributed by atoms with E-state index in [1.807, 2.05) is 45.0 Å². The molecule has 25 heavy (non-hydrogen) atoms. The lowest BCUT2D eigenvalue weighted by Gasteiger charge is -2.29. The van der Waals surface area contributed by atoms with Crippen molar-refractivity contribution in [2.45, 2.75) is 51.2 Å². The van der Waals surface area contributed by atoms with Crippen LogP contribution in [0.2, 0.25) is 0 Å². The number of alkyl halides is 1. The zero-order valence-corrected chi connectivity index (χ0v) is 17.0. The topological polar surface area (TPSA) is 35.5 Å². The fourth-order valence-corrected chi connectivity index (χ4v) is 2.64. The van der Waals surface area contributed by atoms with Crippen LogP contribution in [0.5, 0.6) is 5.75 Å². The van der Waals surface area contributed by atoms with E-state index in [0.29, 0.717) is 5.75 Å². The summed E-state index contributed by atoms with van der Waals surface area (Å²) in [7, 11) is 0. The zero-order valence-electron chi connectivity index (χ0n) is 15.4. The quantitative estimate of drug-likeness (QED) is 0.470. The van der Waals surface area contributed by atoms with Crippen molar-refractivity contribution in [3.05, 3.63) is 54.1 Å². The average molecular weight is 405 g/mol. The number of halogens is 1. The molecule has 0 fully saturated rings. The van der Waals surface area contributed by atoms with E-state index < -0.39 is 11.2 Å². The Labute approximate surface area is 158 Å². The lowest BCUT2D eigenvalue weighted by Crippen LogP contribution is -2.43. The predicted molar refractivity (Wildman–Crippen MR) is 105 cm³/mol. The Morgan fingerprint density at radius 1 is 0.960 bits per heavy atom. The van der Waals surface area contributed by atoms with Gasteiger partial charge in [-0.25, -0.2) is 4.79 Å². The Kier molecular flexibility index (Phi) is 5.94. The summed E-state index contributed by atoms with van der Waals surface area (Å²) >= 11 is 3.45. The van der Waals surface area contributed by atoms with E-state index in [4.69, 9.17) is 9.47 Å². The highest BCUT2D eigenvalue weighted by Gasteiger charge is 2.34. The fraction of sp³-hybridized carbons (Fsp3) is 0.381. The molecule has 0 amide bonds. The van der Waals surface area contributed by atoms with Gasteiger partial charge < -0.3 is 9.47 Å². The normalized spacial score (nSPS) is 11.9. The summed E-state index contributed by atoms with van der Waals surface area (Å²) in [6, 6.07) is 16.1. The number of carbonyl (C=O) groups is 1. The lowest BCUT2D eigenvalue weighted by molar-refractivity contribution is -0.170. The summed E-state index contributed by atoms with van der Waals surface area (Å²) in [6.07, 6.45) is 0. The highest BCUT2D eigenvalue weighted by atomic mass is 79.9. The van der Waals surface area contributed by atoms with Gasteiger partial charge in [0.05, 0.1) is 0 Å². The van der Waals surface area contributed by atoms with Crippen LogP contribution in [-0.2, 0) is 14.9 Å². The van der Waals surface area contributed by atoms with E-state index in [1.54, 1.807) is 13.8 Å². The number of rotatable bonds is 5. The standard InChI is InChI=1S/C21H25BrO3/c1-20(2,3)25-19(23)21(4,5)24-18-8-6-7-17(13-18)16-11-9-15(14-22)10-12-16/h6-13H,14H2,1-5H3. The molecule has 0 aromatic heterocycles. The summed E-state index contributed by atoms with van der Waals surface area (Å²) in [5, 5.41) is 0.834. The molecular weight excluding hydrogens is 380 g/mol. The van der Waals surface area contributed by atoms with Crippen molar-refractivity contribution in [1.82, 2.24) is 0 Å². The van der Waals surface area contributed by atoms with Crippen molar-refractivity contribution < 1.29 is 14.3 Å². The van der Waals surface area contributed by atoms with Crippen LogP contribution in [0.15, 0.2) is 48.5 Å². The van der Waals surface area contributed by atoms with Gasteiger partial charge in [0.1, 0.15) is 11.4 Å². The molecule has 2 aromatic rings. The number of hydrogen-bond donors (Lipinski definition) is 0. The molecule has 0 aliphatic rings. The summed E-state index contributed by atoms with van der Waals surface area (Å²) in [5.41, 5.74) is 1.76. The van der Waals surface area contributed by atoms with Gasteiger partial charge in [-0.05, 0) is 63.4 Å². The Morgan fingerprint density at radius 3 is 2.16 bits per heavy atom. The van der Waals surface area contributed by atoms with Crippen molar-refractivity contribution in [3.63, 3.8) is 0 Å². The highest BCUT2D eigenvalue weighted by molar-refractivity contribution is 9.08. The SMILES string of the molecule is CC(C)(C)OC(=O)C(C)(C)Oc1cccc(-c2ccc(CBr)cc2)c1. The molecule has 0 atom stereocenters. The molecule has 2 rings (SSSR count). The third-order valence-corrected chi connectivity index (χ3v) is 4.19. The van der Waals surface area contributed by atoms with Gasteiger partial charge in [-0.1, -0.05) is 52.3 Å². The average Bonchev–Trinajstić information content (AvgIpc) is 2.53. The first-order valence-corrected chi connectivity index (χ1v) is 9.41. The maximum atomic E-state index is 12.4. The van der Waals surface area contributed by atoms with Crippen molar-refractivity contribution in [2.24, 2.45) is 0 Å². The number of esters is 1. The van der Waals surface area contributed by atoms with E-state index >= 15 is 0 Å². The minimum atomic E-state index is -1.06. The van der Waals surface area contributed by atoms with Crippen molar-refractivity contribution in [3.8, 4) is 16.9 Å². The van der Waals surface area contributed by atoms with Crippen LogP contribution in [0.3, 0.4) is 0 Å². The zero-order chi connectivity index (χ0) is 18.7. The van der Waals surface area contributed by atoms with Gasteiger partial charge in [0.25, 0.3) is 0 Å². The minimum Gasteiger partial charge on any atom is -0.476 e. The summed E-state index contributed by atoms with van der Waals surface area (Å²) in [6.45, 7) is 8.98. The maximum absolute atomic E-state index is 12.4. The van der Waals surface area contributed by atoms with E-state index in [9.17, 15) is 4.79 Å². The number of benzene rings is 2. The van der Waals surface area contributed by atoms with Crippen LogP contribution in [0.4, 0.5) is 0 Å². The molecule has 0 aliphatic carbocycles. The van der Waals surface area contributed by atoms with Gasteiger partial charge >= 0.3 is 5.97 Å². The number of carbonyl (C=O) groups excluding carboxylic acids is 1. The Hall–Kier alpha value is -1.81. The maximum Gasteiger partial charge on any atom is 0.350 e. The molecule has 0 heterocycles. The van der Waals surface area contributed by atoms with Gasteiger partial charge in [0.2, 0.25) is 0 Å². The van der Waals surface area contributed by atoms with Crippen molar-refractivity contribution in [1.29, 1.82) is 0 Å². The molecule has 3 nitrogen and oxygen atoms in total. The predicted octanol–water partition coefficient (Wildman–Crippen LogP) is 5.75. The van der Waals surface area contributed by atoms with Crippen molar-refractivity contribution in [2.75, 3.05) is 0 Å². The van der Waals surface area contributed by atoms with E-state index in [2.05, 4.69) is 40.2 Å². The first kappa shape index (κ1) is 19.5. The second-order valence-electron chi connectivity index (χ2n) is 7.47. The van der Waals surface area contributed by atoms with Gasteiger partial charge in [-0.3, -0.25) is 0 Å². The molecule has 2 aromatic carbocycles. The number of ether oxygens (including phenoxy) is 2. The van der Waals surface area contributed by atoms with Gasteiger partial charge in [0, 0.05) is 5.33 Å². The lowest BCUT2D eigenvalue weighted by atomic mass is 10.0. The van der Waals surface area contributed by atoms with Gasteiger partial charge in [-0.2, -0.15) is 0 Å². The fourth-order valence-electron chi connectivity index (χ4n) is 2.26. The first-order chi connectivity index (χ1) is 11.6. The molecule has 0 spiro atoms. The Morgan fingerprint density at radius 2 is 1.60 bits per heavy atom. The summed E-state index contributed by atoms with van der Waals surface area (Å²) in [4.78, 5) is 12.4. The van der Waals surface area contributed by atoms with E-state index in [-0.39, 0.29) is 5.97 Å². The minimum absolute atomic E-state index is 0.382. The molecule has 0 radical (unpaired) electrons. The molecule has 134 valence electrons. The third-order valence-electron chi connectivity index (χ3n) is 3.54. The second kappa shape index (κ2) is 7.61. The molecule has 0 N–H and O–H groups in total. The van der Waals surface area contributed by atoms with E-state index in [1.165, 1.54) is 5.56 Å². The summed E-state index contributed by atoms with van der Waals surface area (Å²) < 4.78 is 11.4. The van der Waals surface area contributed by atoms with Crippen LogP contribution in [0.1, 0.15) is 40.2 Å². The molecule has 0 saturated carbocycles. The third kappa shape index (κ3) is 5.60. The number of hydrogen-bond acceptors (Lipinski definition) is 3. The van der Waals surface area contributed by atoms with Crippen LogP contribution in [-0.4, -0.2) is 17.2 Å². The molecule has 4 heteroatoms. The van der Waals surface area contributed by atoms with Crippen LogP contribution >= 0.6 is 15.9 Å². The summed E-state index contributed by atoms with van der Waals surface area (Å²) in [5.74, 6) is 0.255. The van der Waals surface area contributed by atoms with Crippen molar-refractivity contribution >= 4 is 21.9 Å². The van der Waals surface area contributed by atoms with Crippen LogP contribution in [0, 0.1) is 0 Å². The second-order valence-corrected chi connectivity index (χ2v) is 8.03. The van der Waals surface area contributed by atoms with Gasteiger partial charge in [0.15, 0.2) is 5.60 Å². The molecule has 0 bridgehead atoms. The van der Waals surface area contributed by atoms with Crippen LogP contribution < -0.4 is 4.74 Å². The smallest absolute Gasteiger partial charge is 0.350 e. The first-order valence-electron chi connectivity index (χ1n) is 8.28. The van der Waals surface area contributed by atoms with E-state index in [0.717, 1.165) is 16.5 Å². The highest BCUT2D eigenvalue weighted by Crippen LogP contribution is 2.28. The Balaban J connectivity index is 2.19.